The number of carbonyl (C=O) groups excluding carboxylic acids is 1. The molecule has 0 saturated heterocycles. The molecule has 0 unspecified atom stereocenters. The van der Waals surface area contributed by atoms with Crippen molar-refractivity contribution in [3.63, 3.8) is 0 Å². The summed E-state index contributed by atoms with van der Waals surface area (Å²) in [6, 6.07) is 8.00. The molecule has 0 aliphatic carbocycles. The van der Waals surface area contributed by atoms with Crippen LogP contribution in [0.2, 0.25) is 0 Å². The van der Waals surface area contributed by atoms with Crippen molar-refractivity contribution in [2.45, 2.75) is 26.3 Å². The minimum atomic E-state index is -0.410. The molecule has 2 amide bonds. The molecule has 0 aliphatic rings. The number of benzene rings is 1. The van der Waals surface area contributed by atoms with E-state index in [0.717, 1.165) is 16.7 Å². The molecule has 18 heavy (non-hydrogen) atoms. The molecule has 0 atom stereocenters. The summed E-state index contributed by atoms with van der Waals surface area (Å²) in [6.07, 6.45) is 0. The monoisotopic (exact) mass is 246 g/mol. The number of amides is 2. The van der Waals surface area contributed by atoms with Crippen LogP contribution in [0.1, 0.15) is 31.9 Å². The van der Waals surface area contributed by atoms with Crippen LogP contribution in [0.3, 0.4) is 0 Å². The average Bonchev–Trinajstić information content (AvgIpc) is 2.28. The highest BCUT2D eigenvalue weighted by Crippen LogP contribution is 2.23. The summed E-state index contributed by atoms with van der Waals surface area (Å²) in [4.78, 5) is 13.3. The molecule has 1 aromatic carbocycles. The highest BCUT2D eigenvalue weighted by Gasteiger charge is 2.23. The first kappa shape index (κ1) is 14.3. The minimum Gasteiger partial charge on any atom is -0.331 e. The molecule has 1 N–H and O–H groups in total. The standard InChI is InChI=1S/C15H22N2O/c1-11(2)12-8-7-9-13(10-12)15(3,4)16-14(18)17(5)6/h7-10H,1H2,2-6H3,(H,16,18). The zero-order chi connectivity index (χ0) is 13.9. The van der Waals surface area contributed by atoms with Crippen molar-refractivity contribution >= 4 is 11.6 Å². The quantitative estimate of drug-likeness (QED) is 0.872. The molecule has 98 valence electrons. The fourth-order valence-electron chi connectivity index (χ4n) is 1.62. The number of allylic oxidation sites excluding steroid dienone is 1. The molecular weight excluding hydrogens is 224 g/mol. The first-order chi connectivity index (χ1) is 8.24. The van der Waals surface area contributed by atoms with Gasteiger partial charge in [-0.2, -0.15) is 0 Å². The number of rotatable bonds is 3. The Morgan fingerprint density at radius 1 is 1.33 bits per heavy atom. The van der Waals surface area contributed by atoms with E-state index < -0.39 is 5.54 Å². The van der Waals surface area contributed by atoms with Crippen LogP contribution in [0.5, 0.6) is 0 Å². The molecule has 0 bridgehead atoms. The number of nitrogens with zero attached hydrogens (tertiary/aromatic N) is 1. The van der Waals surface area contributed by atoms with Gasteiger partial charge in [0.25, 0.3) is 0 Å². The molecule has 0 fully saturated rings. The lowest BCUT2D eigenvalue weighted by Crippen LogP contribution is -2.45. The maximum absolute atomic E-state index is 11.7. The van der Waals surface area contributed by atoms with Crippen molar-refractivity contribution < 1.29 is 4.79 Å². The van der Waals surface area contributed by atoms with Gasteiger partial charge < -0.3 is 10.2 Å². The Balaban J connectivity index is 3.01. The number of nitrogens with one attached hydrogen (secondary N) is 1. The third-order valence-electron chi connectivity index (χ3n) is 2.90. The predicted octanol–water partition coefficient (Wildman–Crippen LogP) is 3.23. The normalized spacial score (nSPS) is 10.9. The Bertz CT molecular complexity index is 461. The van der Waals surface area contributed by atoms with Crippen molar-refractivity contribution in [2.75, 3.05) is 14.1 Å². The minimum absolute atomic E-state index is 0.0965. The van der Waals surface area contributed by atoms with Gasteiger partial charge in [-0.05, 0) is 38.0 Å². The molecule has 0 radical (unpaired) electrons. The molecule has 0 spiro atoms. The third kappa shape index (κ3) is 3.36. The highest BCUT2D eigenvalue weighted by molar-refractivity contribution is 5.74. The van der Waals surface area contributed by atoms with Gasteiger partial charge in [-0.1, -0.05) is 30.4 Å². The molecule has 1 aromatic rings. The summed E-state index contributed by atoms with van der Waals surface area (Å²) in [5.41, 5.74) is 2.77. The van der Waals surface area contributed by atoms with E-state index in [1.807, 2.05) is 39.0 Å². The summed E-state index contributed by atoms with van der Waals surface area (Å²) in [5, 5.41) is 3.00. The number of carbonyl (C=O) groups is 1. The summed E-state index contributed by atoms with van der Waals surface area (Å²) in [6.45, 7) is 9.90. The van der Waals surface area contributed by atoms with E-state index in [1.165, 1.54) is 4.90 Å². The zero-order valence-corrected chi connectivity index (χ0v) is 11.9. The van der Waals surface area contributed by atoms with Gasteiger partial charge in [-0.25, -0.2) is 4.79 Å². The lowest BCUT2D eigenvalue weighted by Gasteiger charge is -2.29. The molecular formula is C15H22N2O. The van der Waals surface area contributed by atoms with E-state index in [9.17, 15) is 4.79 Å². The van der Waals surface area contributed by atoms with Crippen molar-refractivity contribution in [3.05, 3.63) is 42.0 Å². The first-order valence-corrected chi connectivity index (χ1v) is 6.00. The molecule has 0 saturated carbocycles. The van der Waals surface area contributed by atoms with Crippen LogP contribution < -0.4 is 5.32 Å². The maximum Gasteiger partial charge on any atom is 0.317 e. The van der Waals surface area contributed by atoms with E-state index in [4.69, 9.17) is 0 Å². The van der Waals surface area contributed by atoms with Gasteiger partial charge in [0.2, 0.25) is 0 Å². The van der Waals surface area contributed by atoms with Crippen LogP contribution in [-0.2, 0) is 5.54 Å². The van der Waals surface area contributed by atoms with Crippen molar-refractivity contribution in [2.24, 2.45) is 0 Å². The predicted molar refractivity (Wildman–Crippen MR) is 76.4 cm³/mol. The molecule has 3 nitrogen and oxygen atoms in total. The number of hydrogen-bond acceptors (Lipinski definition) is 1. The third-order valence-corrected chi connectivity index (χ3v) is 2.90. The van der Waals surface area contributed by atoms with E-state index in [0.29, 0.717) is 0 Å². The van der Waals surface area contributed by atoms with Crippen LogP contribution in [0, 0.1) is 0 Å². The lowest BCUT2D eigenvalue weighted by atomic mass is 9.92. The van der Waals surface area contributed by atoms with Crippen LogP contribution in [0.25, 0.3) is 5.57 Å². The van der Waals surface area contributed by atoms with Crippen molar-refractivity contribution in [3.8, 4) is 0 Å². The first-order valence-electron chi connectivity index (χ1n) is 6.00. The van der Waals surface area contributed by atoms with E-state index in [2.05, 4.69) is 18.0 Å². The van der Waals surface area contributed by atoms with E-state index in [1.54, 1.807) is 14.1 Å². The van der Waals surface area contributed by atoms with Crippen molar-refractivity contribution in [1.29, 1.82) is 0 Å². The molecule has 0 aliphatic heterocycles. The second-order valence-corrected chi connectivity index (χ2v) is 5.31. The van der Waals surface area contributed by atoms with Gasteiger partial charge >= 0.3 is 6.03 Å². The SMILES string of the molecule is C=C(C)c1cccc(C(C)(C)NC(=O)N(C)C)c1. The van der Waals surface area contributed by atoms with Crippen LogP contribution in [-0.4, -0.2) is 25.0 Å². The zero-order valence-electron chi connectivity index (χ0n) is 11.9. The average molecular weight is 246 g/mol. The topological polar surface area (TPSA) is 32.3 Å². The Morgan fingerprint density at radius 2 is 1.94 bits per heavy atom. The Morgan fingerprint density at radius 3 is 2.44 bits per heavy atom. The van der Waals surface area contributed by atoms with E-state index >= 15 is 0 Å². The Kier molecular flexibility index (Phi) is 4.17. The summed E-state index contributed by atoms with van der Waals surface area (Å²) in [7, 11) is 3.46. The smallest absolute Gasteiger partial charge is 0.317 e. The van der Waals surface area contributed by atoms with E-state index in [-0.39, 0.29) is 6.03 Å². The lowest BCUT2D eigenvalue weighted by molar-refractivity contribution is 0.206. The largest absolute Gasteiger partial charge is 0.331 e. The van der Waals surface area contributed by atoms with Crippen LogP contribution in [0.4, 0.5) is 4.79 Å². The molecule has 0 heterocycles. The van der Waals surface area contributed by atoms with Gasteiger partial charge in [-0.15, -0.1) is 0 Å². The summed E-state index contributed by atoms with van der Waals surface area (Å²) >= 11 is 0. The van der Waals surface area contributed by atoms with Crippen LogP contribution in [0.15, 0.2) is 30.8 Å². The van der Waals surface area contributed by atoms with Gasteiger partial charge in [0.1, 0.15) is 0 Å². The van der Waals surface area contributed by atoms with Gasteiger partial charge in [0, 0.05) is 14.1 Å². The van der Waals surface area contributed by atoms with Gasteiger partial charge in [0.05, 0.1) is 5.54 Å². The van der Waals surface area contributed by atoms with Gasteiger partial charge in [0.15, 0.2) is 0 Å². The van der Waals surface area contributed by atoms with Gasteiger partial charge in [-0.3, -0.25) is 0 Å². The van der Waals surface area contributed by atoms with Crippen molar-refractivity contribution in [1.82, 2.24) is 10.2 Å². The fourth-order valence-corrected chi connectivity index (χ4v) is 1.62. The summed E-state index contributed by atoms with van der Waals surface area (Å²) < 4.78 is 0. The van der Waals surface area contributed by atoms with Crippen LogP contribution >= 0.6 is 0 Å². The molecule has 0 aromatic heterocycles. The molecule has 3 heteroatoms. The summed E-state index contributed by atoms with van der Waals surface area (Å²) in [5.74, 6) is 0. The Labute approximate surface area is 109 Å². The second-order valence-electron chi connectivity index (χ2n) is 5.31. The fraction of sp³-hybridized carbons (Fsp3) is 0.400. The number of urea groups is 1. The Hall–Kier alpha value is -1.77. The highest BCUT2D eigenvalue weighted by atomic mass is 16.2. The molecule has 1 rings (SSSR count). The second kappa shape index (κ2) is 5.25. The maximum atomic E-state index is 11.7. The number of hydrogen-bond donors (Lipinski definition) is 1.